The molecule has 0 saturated heterocycles. The average molecular weight is 368 g/mol. The number of carbonyl (C=O) groups excluding carboxylic acids is 3. The van der Waals surface area contributed by atoms with Crippen molar-refractivity contribution < 1.29 is 23.9 Å². The fourth-order valence-electron chi connectivity index (χ4n) is 2.78. The van der Waals surface area contributed by atoms with E-state index >= 15 is 0 Å². The van der Waals surface area contributed by atoms with Gasteiger partial charge in [-0.1, -0.05) is 18.2 Å². The van der Waals surface area contributed by atoms with Gasteiger partial charge in [-0.05, 0) is 35.9 Å². The molecule has 0 radical (unpaired) electrons. The van der Waals surface area contributed by atoms with Gasteiger partial charge >= 0.3 is 5.97 Å². The zero-order chi connectivity index (χ0) is 19.2. The molecular formula is C20H20N2O5. The second-order valence-corrected chi connectivity index (χ2v) is 6.01. The molecule has 2 amide bonds. The fourth-order valence-corrected chi connectivity index (χ4v) is 2.78. The van der Waals surface area contributed by atoms with Crippen molar-refractivity contribution in [2.24, 2.45) is 0 Å². The Morgan fingerprint density at radius 1 is 1.07 bits per heavy atom. The van der Waals surface area contributed by atoms with Crippen LogP contribution < -0.4 is 15.0 Å². The Hall–Kier alpha value is -3.35. The first-order valence-corrected chi connectivity index (χ1v) is 8.57. The summed E-state index contributed by atoms with van der Waals surface area (Å²) < 4.78 is 10.3. The Kier molecular flexibility index (Phi) is 5.71. The predicted octanol–water partition coefficient (Wildman–Crippen LogP) is 1.91. The van der Waals surface area contributed by atoms with Gasteiger partial charge in [-0.2, -0.15) is 0 Å². The van der Waals surface area contributed by atoms with Crippen LogP contribution in [0.25, 0.3) is 0 Å². The smallest absolute Gasteiger partial charge is 0.302 e. The summed E-state index contributed by atoms with van der Waals surface area (Å²) in [6.07, 6.45) is 0. The highest BCUT2D eigenvalue weighted by Crippen LogP contribution is 2.24. The van der Waals surface area contributed by atoms with E-state index in [0.717, 1.165) is 11.3 Å². The number of ether oxygens (including phenoxy) is 2. The SMILES string of the molecule is CC(=O)OCCOc1ccc(C(=O)N2CC(=O)NCc3ccccc32)cc1. The number of fused-ring (bicyclic) bond motifs is 1. The highest BCUT2D eigenvalue weighted by molar-refractivity contribution is 6.09. The topological polar surface area (TPSA) is 84.9 Å². The summed E-state index contributed by atoms with van der Waals surface area (Å²) in [4.78, 5) is 37.1. The van der Waals surface area contributed by atoms with Gasteiger partial charge in [-0.15, -0.1) is 0 Å². The van der Waals surface area contributed by atoms with Gasteiger partial charge in [0, 0.05) is 24.7 Å². The van der Waals surface area contributed by atoms with Gasteiger partial charge < -0.3 is 14.8 Å². The van der Waals surface area contributed by atoms with Crippen LogP contribution >= 0.6 is 0 Å². The van der Waals surface area contributed by atoms with Gasteiger partial charge in [-0.25, -0.2) is 0 Å². The van der Waals surface area contributed by atoms with E-state index < -0.39 is 0 Å². The Morgan fingerprint density at radius 2 is 1.81 bits per heavy atom. The van der Waals surface area contributed by atoms with Gasteiger partial charge in [-0.3, -0.25) is 19.3 Å². The number of para-hydroxylation sites is 1. The third kappa shape index (κ3) is 4.63. The highest BCUT2D eigenvalue weighted by atomic mass is 16.6. The van der Waals surface area contributed by atoms with Crippen LogP contribution in [-0.4, -0.2) is 37.5 Å². The summed E-state index contributed by atoms with van der Waals surface area (Å²) in [6, 6.07) is 14.1. The second kappa shape index (κ2) is 8.35. The number of esters is 1. The van der Waals surface area contributed by atoms with Gasteiger partial charge in [0.15, 0.2) is 0 Å². The number of anilines is 1. The van der Waals surface area contributed by atoms with Crippen molar-refractivity contribution in [1.82, 2.24) is 5.32 Å². The molecule has 1 aliphatic rings. The number of amides is 2. The standard InChI is InChI=1S/C20H20N2O5/c1-14(23)26-10-11-27-17-8-6-15(7-9-17)20(25)22-13-19(24)21-12-16-4-2-3-5-18(16)22/h2-9H,10-13H2,1H3,(H,21,24). The minimum Gasteiger partial charge on any atom is -0.490 e. The molecule has 0 aromatic heterocycles. The van der Waals surface area contributed by atoms with Crippen LogP contribution in [0.1, 0.15) is 22.8 Å². The number of benzene rings is 2. The summed E-state index contributed by atoms with van der Waals surface area (Å²) in [6.45, 7) is 2.09. The van der Waals surface area contributed by atoms with Crippen molar-refractivity contribution in [2.45, 2.75) is 13.5 Å². The second-order valence-electron chi connectivity index (χ2n) is 6.01. The average Bonchev–Trinajstić information content (AvgIpc) is 2.84. The molecule has 0 bridgehead atoms. The molecule has 140 valence electrons. The molecule has 1 heterocycles. The molecule has 1 aliphatic heterocycles. The Balaban J connectivity index is 1.71. The van der Waals surface area contributed by atoms with Crippen molar-refractivity contribution in [1.29, 1.82) is 0 Å². The van der Waals surface area contributed by atoms with Crippen LogP contribution in [0.4, 0.5) is 5.69 Å². The van der Waals surface area contributed by atoms with Crippen LogP contribution in [0.3, 0.4) is 0 Å². The van der Waals surface area contributed by atoms with E-state index in [9.17, 15) is 14.4 Å². The molecule has 7 heteroatoms. The largest absolute Gasteiger partial charge is 0.490 e. The van der Waals surface area contributed by atoms with Crippen LogP contribution in [0, 0.1) is 0 Å². The number of rotatable bonds is 5. The van der Waals surface area contributed by atoms with E-state index in [1.54, 1.807) is 24.3 Å². The Morgan fingerprint density at radius 3 is 2.56 bits per heavy atom. The normalized spacial score (nSPS) is 13.2. The highest BCUT2D eigenvalue weighted by Gasteiger charge is 2.25. The predicted molar refractivity (Wildman–Crippen MR) is 98.5 cm³/mol. The third-order valence-corrected chi connectivity index (χ3v) is 4.06. The van der Waals surface area contributed by atoms with Crippen molar-refractivity contribution in [3.63, 3.8) is 0 Å². The first-order chi connectivity index (χ1) is 13.0. The summed E-state index contributed by atoms with van der Waals surface area (Å²) in [5.74, 6) is -0.259. The molecule has 0 atom stereocenters. The first-order valence-electron chi connectivity index (χ1n) is 8.57. The molecule has 2 aromatic rings. The van der Waals surface area contributed by atoms with Gasteiger partial charge in [0.05, 0.1) is 0 Å². The molecule has 0 spiro atoms. The summed E-state index contributed by atoms with van der Waals surface area (Å²) in [7, 11) is 0. The van der Waals surface area contributed by atoms with Crippen molar-refractivity contribution in [2.75, 3.05) is 24.7 Å². The quantitative estimate of drug-likeness (QED) is 0.644. The summed E-state index contributed by atoms with van der Waals surface area (Å²) >= 11 is 0. The molecule has 0 fully saturated rings. The zero-order valence-corrected chi connectivity index (χ0v) is 14.9. The number of hydrogen-bond acceptors (Lipinski definition) is 5. The summed E-state index contributed by atoms with van der Waals surface area (Å²) in [5.41, 5.74) is 2.07. The lowest BCUT2D eigenvalue weighted by molar-refractivity contribution is -0.141. The summed E-state index contributed by atoms with van der Waals surface area (Å²) in [5, 5.41) is 2.79. The van der Waals surface area contributed by atoms with Crippen molar-refractivity contribution >= 4 is 23.5 Å². The molecular weight excluding hydrogens is 348 g/mol. The van der Waals surface area contributed by atoms with E-state index in [1.807, 2.05) is 24.3 Å². The van der Waals surface area contributed by atoms with Crippen LogP contribution in [0.5, 0.6) is 5.75 Å². The lowest BCUT2D eigenvalue weighted by Crippen LogP contribution is -2.38. The van der Waals surface area contributed by atoms with Crippen LogP contribution in [0.2, 0.25) is 0 Å². The molecule has 0 unspecified atom stereocenters. The van der Waals surface area contributed by atoms with E-state index in [2.05, 4.69) is 5.32 Å². The van der Waals surface area contributed by atoms with Gasteiger partial charge in [0.1, 0.15) is 25.5 Å². The fraction of sp³-hybridized carbons (Fsp3) is 0.250. The minimum atomic E-state index is -0.360. The van der Waals surface area contributed by atoms with Gasteiger partial charge in [0.25, 0.3) is 5.91 Å². The van der Waals surface area contributed by atoms with E-state index in [1.165, 1.54) is 11.8 Å². The van der Waals surface area contributed by atoms with Crippen LogP contribution in [-0.2, 0) is 20.9 Å². The number of nitrogens with zero attached hydrogens (tertiary/aromatic N) is 1. The number of hydrogen-bond donors (Lipinski definition) is 1. The lowest BCUT2D eigenvalue weighted by atomic mass is 10.1. The first kappa shape index (κ1) is 18.4. The number of nitrogens with one attached hydrogen (secondary N) is 1. The molecule has 3 rings (SSSR count). The Bertz CT molecular complexity index is 848. The monoisotopic (exact) mass is 368 g/mol. The maximum atomic E-state index is 13.0. The van der Waals surface area contributed by atoms with Crippen molar-refractivity contribution in [3.8, 4) is 5.75 Å². The van der Waals surface area contributed by atoms with Gasteiger partial charge in [0.2, 0.25) is 5.91 Å². The maximum Gasteiger partial charge on any atom is 0.302 e. The molecule has 2 aromatic carbocycles. The minimum absolute atomic E-state index is 0.0313. The van der Waals surface area contributed by atoms with E-state index in [4.69, 9.17) is 9.47 Å². The molecule has 0 saturated carbocycles. The zero-order valence-electron chi connectivity index (χ0n) is 14.9. The van der Waals surface area contributed by atoms with E-state index in [0.29, 0.717) is 17.9 Å². The Labute approximate surface area is 156 Å². The molecule has 0 aliphatic carbocycles. The molecule has 7 nitrogen and oxygen atoms in total. The van der Waals surface area contributed by atoms with Crippen molar-refractivity contribution in [3.05, 3.63) is 59.7 Å². The third-order valence-electron chi connectivity index (χ3n) is 4.06. The van der Waals surface area contributed by atoms with E-state index in [-0.39, 0.29) is 37.5 Å². The van der Waals surface area contributed by atoms with Crippen LogP contribution in [0.15, 0.2) is 48.5 Å². The molecule has 1 N–H and O–H groups in total. The number of carbonyl (C=O) groups is 3. The maximum absolute atomic E-state index is 13.0. The molecule has 27 heavy (non-hydrogen) atoms. The lowest BCUT2D eigenvalue weighted by Gasteiger charge is -2.21.